The van der Waals surface area contributed by atoms with Crippen molar-refractivity contribution < 1.29 is 4.74 Å². The Kier molecular flexibility index (Phi) is 4.75. The predicted octanol–water partition coefficient (Wildman–Crippen LogP) is 2.81. The molecule has 0 aliphatic rings. The van der Waals surface area contributed by atoms with Crippen LogP contribution in [0.1, 0.15) is 22.9 Å². The van der Waals surface area contributed by atoms with Crippen LogP contribution in [0.2, 0.25) is 5.02 Å². The smallest absolute Gasteiger partial charge is 0.216 e. The van der Waals surface area contributed by atoms with Gasteiger partial charge < -0.3 is 15.8 Å². The van der Waals surface area contributed by atoms with E-state index < -0.39 is 0 Å². The third kappa shape index (κ3) is 3.14. The van der Waals surface area contributed by atoms with Crippen LogP contribution in [-0.4, -0.2) is 23.4 Å². The van der Waals surface area contributed by atoms with Gasteiger partial charge in [-0.3, -0.25) is 0 Å². The number of hydrogen-bond donors (Lipinski definition) is 2. The molecule has 0 spiro atoms. The molecule has 1 unspecified atom stereocenters. The van der Waals surface area contributed by atoms with Gasteiger partial charge in [0.25, 0.3) is 0 Å². The Morgan fingerprint density at radius 3 is 2.71 bits per heavy atom. The number of nitrogens with one attached hydrogen (secondary N) is 1. The molecule has 0 radical (unpaired) electrons. The van der Waals surface area contributed by atoms with Gasteiger partial charge in [-0.15, -0.1) is 0 Å². The molecule has 21 heavy (non-hydrogen) atoms. The number of nitrogens with zero attached hydrogens (tertiary/aromatic N) is 2. The van der Waals surface area contributed by atoms with E-state index in [1.54, 1.807) is 11.8 Å². The van der Waals surface area contributed by atoms with Crippen molar-refractivity contribution in [3.05, 3.63) is 40.0 Å². The molecule has 2 aromatic rings. The number of methoxy groups -OCH3 is 1. The van der Waals surface area contributed by atoms with Crippen LogP contribution in [0.5, 0.6) is 5.88 Å². The third-order valence-corrected chi connectivity index (χ3v) is 3.91. The van der Waals surface area contributed by atoms with Crippen LogP contribution in [-0.2, 0) is 7.05 Å². The highest BCUT2D eigenvalue weighted by atomic mass is 35.5. The van der Waals surface area contributed by atoms with E-state index >= 15 is 0 Å². The van der Waals surface area contributed by atoms with E-state index in [2.05, 4.69) is 10.4 Å². The summed E-state index contributed by atoms with van der Waals surface area (Å²) in [4.78, 5) is 0. The van der Waals surface area contributed by atoms with Gasteiger partial charge in [0.05, 0.1) is 24.4 Å². The zero-order valence-corrected chi connectivity index (χ0v) is 13.5. The molecule has 1 aromatic heterocycles. The monoisotopic (exact) mass is 308 g/mol. The minimum absolute atomic E-state index is 0.0903. The molecule has 1 heterocycles. The van der Waals surface area contributed by atoms with Gasteiger partial charge >= 0.3 is 0 Å². The number of halogens is 1. The Bertz CT molecular complexity index is 639. The summed E-state index contributed by atoms with van der Waals surface area (Å²) in [5.41, 5.74) is 9.77. The highest BCUT2D eigenvalue weighted by molar-refractivity contribution is 6.31. The Hall–Kier alpha value is -1.72. The van der Waals surface area contributed by atoms with Crippen molar-refractivity contribution in [3.8, 4) is 5.88 Å². The van der Waals surface area contributed by atoms with Crippen molar-refractivity contribution in [2.45, 2.75) is 19.9 Å². The van der Waals surface area contributed by atoms with Crippen molar-refractivity contribution in [1.29, 1.82) is 0 Å². The minimum Gasteiger partial charge on any atom is -0.481 e. The van der Waals surface area contributed by atoms with Crippen LogP contribution >= 0.6 is 11.6 Å². The second kappa shape index (κ2) is 6.37. The molecule has 5 nitrogen and oxygen atoms in total. The quantitative estimate of drug-likeness (QED) is 0.891. The summed E-state index contributed by atoms with van der Waals surface area (Å²) < 4.78 is 7.16. The van der Waals surface area contributed by atoms with Gasteiger partial charge in [0.15, 0.2) is 0 Å². The van der Waals surface area contributed by atoms with Crippen LogP contribution in [0, 0.1) is 13.8 Å². The highest BCUT2D eigenvalue weighted by Crippen LogP contribution is 2.31. The van der Waals surface area contributed by atoms with Crippen LogP contribution in [0.4, 0.5) is 5.69 Å². The molecule has 2 rings (SSSR count). The zero-order valence-electron chi connectivity index (χ0n) is 12.8. The van der Waals surface area contributed by atoms with Gasteiger partial charge in [0.2, 0.25) is 5.88 Å². The molecular weight excluding hydrogens is 288 g/mol. The van der Waals surface area contributed by atoms with E-state index in [-0.39, 0.29) is 6.04 Å². The lowest BCUT2D eigenvalue weighted by Gasteiger charge is -2.19. The first-order valence-electron chi connectivity index (χ1n) is 6.78. The van der Waals surface area contributed by atoms with Gasteiger partial charge in [-0.2, -0.15) is 5.10 Å². The average molecular weight is 309 g/mol. The van der Waals surface area contributed by atoms with Crippen LogP contribution < -0.4 is 15.8 Å². The molecule has 0 saturated carbocycles. The fraction of sp³-hybridized carbons (Fsp3) is 0.400. The summed E-state index contributed by atoms with van der Waals surface area (Å²) in [7, 11) is 3.49. The maximum absolute atomic E-state index is 6.17. The molecule has 0 amide bonds. The van der Waals surface area contributed by atoms with Gasteiger partial charge in [0, 0.05) is 24.3 Å². The molecule has 6 heteroatoms. The van der Waals surface area contributed by atoms with Crippen molar-refractivity contribution in [2.75, 3.05) is 19.0 Å². The molecule has 0 aliphatic carbocycles. The number of anilines is 1. The number of nitrogens with two attached hydrogens (primary N) is 1. The maximum atomic E-state index is 6.17. The minimum atomic E-state index is -0.0903. The maximum Gasteiger partial charge on any atom is 0.216 e. The average Bonchev–Trinajstić information content (AvgIpc) is 2.74. The normalized spacial score (nSPS) is 12.3. The lowest BCUT2D eigenvalue weighted by molar-refractivity contribution is 0.367. The molecule has 0 fully saturated rings. The van der Waals surface area contributed by atoms with Gasteiger partial charge in [-0.05, 0) is 31.5 Å². The summed E-state index contributed by atoms with van der Waals surface area (Å²) in [5.74, 6) is 0.716. The first-order valence-corrected chi connectivity index (χ1v) is 7.16. The third-order valence-electron chi connectivity index (χ3n) is 3.50. The van der Waals surface area contributed by atoms with E-state index in [1.807, 2.05) is 39.1 Å². The van der Waals surface area contributed by atoms with E-state index in [0.717, 1.165) is 27.5 Å². The van der Waals surface area contributed by atoms with Crippen molar-refractivity contribution in [3.63, 3.8) is 0 Å². The van der Waals surface area contributed by atoms with E-state index in [0.29, 0.717) is 12.4 Å². The standard InChI is InChI=1S/C15H21ClN4O/c1-9-5-6-11(7-12(9)16)18-13(8-17)14-10(2)19-20(3)15(14)21-4/h5-7,13,18H,8,17H2,1-4H3. The Morgan fingerprint density at radius 1 is 1.43 bits per heavy atom. The SMILES string of the molecule is COc1c(C(CN)Nc2ccc(C)c(Cl)c2)c(C)nn1C. The fourth-order valence-corrected chi connectivity index (χ4v) is 2.61. The molecule has 1 aromatic carbocycles. The van der Waals surface area contributed by atoms with E-state index in [1.165, 1.54) is 0 Å². The Balaban J connectivity index is 2.34. The van der Waals surface area contributed by atoms with Crippen molar-refractivity contribution in [2.24, 2.45) is 12.8 Å². The largest absolute Gasteiger partial charge is 0.481 e. The summed E-state index contributed by atoms with van der Waals surface area (Å²) in [5, 5.41) is 8.52. The molecule has 1 atom stereocenters. The second-order valence-electron chi connectivity index (χ2n) is 5.03. The summed E-state index contributed by atoms with van der Waals surface area (Å²) in [6.07, 6.45) is 0. The Morgan fingerprint density at radius 2 is 2.14 bits per heavy atom. The summed E-state index contributed by atoms with van der Waals surface area (Å²) >= 11 is 6.17. The molecule has 0 aliphatic heterocycles. The topological polar surface area (TPSA) is 65.1 Å². The highest BCUT2D eigenvalue weighted by Gasteiger charge is 2.22. The molecule has 3 N–H and O–H groups in total. The molecule has 0 bridgehead atoms. The van der Waals surface area contributed by atoms with Crippen LogP contribution in [0.3, 0.4) is 0 Å². The van der Waals surface area contributed by atoms with Crippen molar-refractivity contribution >= 4 is 17.3 Å². The number of aromatic nitrogens is 2. The summed E-state index contributed by atoms with van der Waals surface area (Å²) in [6.45, 7) is 4.35. The fourth-order valence-electron chi connectivity index (χ4n) is 2.43. The first kappa shape index (κ1) is 15.7. The number of rotatable bonds is 5. The van der Waals surface area contributed by atoms with Gasteiger partial charge in [-0.1, -0.05) is 17.7 Å². The Labute approximate surface area is 130 Å². The van der Waals surface area contributed by atoms with E-state index in [4.69, 9.17) is 22.1 Å². The van der Waals surface area contributed by atoms with Gasteiger partial charge in [0.1, 0.15) is 0 Å². The molecular formula is C15H21ClN4O. The molecule has 0 saturated heterocycles. The van der Waals surface area contributed by atoms with Crippen LogP contribution in [0.25, 0.3) is 0 Å². The van der Waals surface area contributed by atoms with Crippen molar-refractivity contribution in [1.82, 2.24) is 9.78 Å². The number of benzene rings is 1. The zero-order chi connectivity index (χ0) is 15.6. The van der Waals surface area contributed by atoms with Gasteiger partial charge in [-0.25, -0.2) is 4.68 Å². The first-order chi connectivity index (χ1) is 9.97. The summed E-state index contributed by atoms with van der Waals surface area (Å²) in [6, 6.07) is 5.78. The van der Waals surface area contributed by atoms with Crippen LogP contribution in [0.15, 0.2) is 18.2 Å². The molecule has 114 valence electrons. The number of aryl methyl sites for hydroxylation is 3. The second-order valence-corrected chi connectivity index (χ2v) is 5.44. The lowest BCUT2D eigenvalue weighted by Crippen LogP contribution is -2.21. The van der Waals surface area contributed by atoms with E-state index in [9.17, 15) is 0 Å². The lowest BCUT2D eigenvalue weighted by atomic mass is 10.1. The number of hydrogen-bond acceptors (Lipinski definition) is 4. The number of ether oxygens (including phenoxy) is 1. The predicted molar refractivity (Wildman–Crippen MR) is 86.1 cm³/mol.